The molecule has 0 aliphatic carbocycles. The molecule has 0 aromatic heterocycles. The highest BCUT2D eigenvalue weighted by Gasteiger charge is 2.20. The lowest BCUT2D eigenvalue weighted by atomic mass is 10.0. The molecule has 0 radical (unpaired) electrons. The zero-order valence-electron chi connectivity index (χ0n) is 9.03. The monoisotopic (exact) mass is 200 g/mol. The van der Waals surface area contributed by atoms with Crippen LogP contribution in [0.15, 0.2) is 12.7 Å². The van der Waals surface area contributed by atoms with Gasteiger partial charge in [0.05, 0.1) is 6.10 Å². The average molecular weight is 200 g/mol. The number of rotatable bonds is 7. The minimum absolute atomic E-state index is 0.384. The SMILES string of the molecule is C=CC(=O)OC(CCC)C(O)CCC. The van der Waals surface area contributed by atoms with Gasteiger partial charge in [0.2, 0.25) is 0 Å². The van der Waals surface area contributed by atoms with Gasteiger partial charge in [-0.25, -0.2) is 4.79 Å². The average Bonchev–Trinajstić information content (AvgIpc) is 2.17. The second-order valence-corrected chi connectivity index (χ2v) is 3.32. The number of ether oxygens (including phenoxy) is 1. The molecule has 0 aromatic carbocycles. The molecular weight excluding hydrogens is 180 g/mol. The van der Waals surface area contributed by atoms with Crippen molar-refractivity contribution >= 4 is 5.97 Å². The fraction of sp³-hybridized carbons (Fsp3) is 0.727. The first-order chi connectivity index (χ1) is 6.65. The number of carbonyl (C=O) groups excluding carboxylic acids is 1. The van der Waals surface area contributed by atoms with Crippen molar-refractivity contribution in [2.24, 2.45) is 0 Å². The van der Waals surface area contributed by atoms with Crippen molar-refractivity contribution in [3.8, 4) is 0 Å². The van der Waals surface area contributed by atoms with E-state index in [-0.39, 0.29) is 6.10 Å². The summed E-state index contributed by atoms with van der Waals surface area (Å²) in [6, 6.07) is 0. The van der Waals surface area contributed by atoms with Crippen LogP contribution in [0.1, 0.15) is 39.5 Å². The summed E-state index contributed by atoms with van der Waals surface area (Å²) in [7, 11) is 0. The lowest BCUT2D eigenvalue weighted by molar-refractivity contribution is -0.149. The van der Waals surface area contributed by atoms with E-state index in [2.05, 4.69) is 6.58 Å². The second kappa shape index (κ2) is 7.56. The molecule has 3 nitrogen and oxygen atoms in total. The minimum atomic E-state index is -0.552. The zero-order valence-corrected chi connectivity index (χ0v) is 9.03. The Kier molecular flexibility index (Phi) is 7.11. The van der Waals surface area contributed by atoms with Gasteiger partial charge in [0.1, 0.15) is 6.10 Å². The molecule has 0 amide bonds. The van der Waals surface area contributed by atoms with Gasteiger partial charge in [0, 0.05) is 6.08 Å². The van der Waals surface area contributed by atoms with Gasteiger partial charge < -0.3 is 9.84 Å². The highest BCUT2D eigenvalue weighted by Crippen LogP contribution is 2.12. The molecule has 2 unspecified atom stereocenters. The van der Waals surface area contributed by atoms with E-state index >= 15 is 0 Å². The lowest BCUT2D eigenvalue weighted by Gasteiger charge is -2.21. The van der Waals surface area contributed by atoms with Crippen LogP contribution in [0.25, 0.3) is 0 Å². The summed E-state index contributed by atoms with van der Waals surface area (Å²) in [4.78, 5) is 11.0. The van der Waals surface area contributed by atoms with Crippen LogP contribution in [0.4, 0.5) is 0 Å². The molecule has 3 heteroatoms. The molecule has 0 saturated heterocycles. The Morgan fingerprint density at radius 1 is 1.43 bits per heavy atom. The molecule has 2 atom stereocenters. The molecule has 0 heterocycles. The first-order valence-electron chi connectivity index (χ1n) is 5.16. The van der Waals surface area contributed by atoms with E-state index in [1.54, 1.807) is 0 Å². The van der Waals surface area contributed by atoms with Crippen molar-refractivity contribution in [1.82, 2.24) is 0 Å². The van der Waals surface area contributed by atoms with Gasteiger partial charge in [0.25, 0.3) is 0 Å². The molecule has 0 bridgehead atoms. The second-order valence-electron chi connectivity index (χ2n) is 3.32. The molecule has 14 heavy (non-hydrogen) atoms. The molecule has 0 saturated carbocycles. The number of esters is 1. The third kappa shape index (κ3) is 5.02. The first-order valence-corrected chi connectivity index (χ1v) is 5.16. The van der Waals surface area contributed by atoms with Crippen molar-refractivity contribution in [3.63, 3.8) is 0 Å². The molecule has 0 spiro atoms. The third-order valence-corrected chi connectivity index (χ3v) is 2.02. The topological polar surface area (TPSA) is 46.5 Å². The van der Waals surface area contributed by atoms with Gasteiger partial charge in [-0.05, 0) is 12.8 Å². The van der Waals surface area contributed by atoms with E-state index in [0.717, 1.165) is 18.9 Å². The first kappa shape index (κ1) is 13.2. The number of hydrogen-bond donors (Lipinski definition) is 1. The van der Waals surface area contributed by atoms with Crippen molar-refractivity contribution in [2.75, 3.05) is 0 Å². The smallest absolute Gasteiger partial charge is 0.330 e. The van der Waals surface area contributed by atoms with Crippen molar-refractivity contribution < 1.29 is 14.6 Å². The van der Waals surface area contributed by atoms with Crippen LogP contribution in [-0.4, -0.2) is 23.3 Å². The van der Waals surface area contributed by atoms with Crippen LogP contribution in [-0.2, 0) is 9.53 Å². The van der Waals surface area contributed by atoms with Gasteiger partial charge in [-0.1, -0.05) is 33.3 Å². The van der Waals surface area contributed by atoms with Crippen molar-refractivity contribution in [3.05, 3.63) is 12.7 Å². The Morgan fingerprint density at radius 2 is 2.00 bits per heavy atom. The lowest BCUT2D eigenvalue weighted by Crippen LogP contribution is -2.30. The van der Waals surface area contributed by atoms with E-state index in [9.17, 15) is 9.90 Å². The Balaban J connectivity index is 4.11. The fourth-order valence-corrected chi connectivity index (χ4v) is 1.29. The number of hydrogen-bond acceptors (Lipinski definition) is 3. The van der Waals surface area contributed by atoms with Crippen LogP contribution in [0.5, 0.6) is 0 Å². The van der Waals surface area contributed by atoms with Crippen LogP contribution in [0.2, 0.25) is 0 Å². The number of aliphatic hydroxyl groups excluding tert-OH is 1. The number of carbonyl (C=O) groups is 1. The van der Waals surface area contributed by atoms with E-state index in [4.69, 9.17) is 4.74 Å². The van der Waals surface area contributed by atoms with E-state index in [0.29, 0.717) is 12.8 Å². The minimum Gasteiger partial charge on any atom is -0.456 e. The highest BCUT2D eigenvalue weighted by atomic mass is 16.6. The Bertz CT molecular complexity index is 177. The standard InChI is InChI=1S/C11H20O3/c1-4-7-9(12)10(8-5-2)14-11(13)6-3/h6,9-10,12H,3-5,7-8H2,1-2H3. The Labute approximate surface area is 85.8 Å². The van der Waals surface area contributed by atoms with E-state index in [1.807, 2.05) is 13.8 Å². The molecule has 1 N–H and O–H groups in total. The van der Waals surface area contributed by atoms with Gasteiger partial charge in [0.15, 0.2) is 0 Å². The predicted octanol–water partition coefficient (Wildman–Crippen LogP) is 2.05. The summed E-state index contributed by atoms with van der Waals surface area (Å²) < 4.78 is 5.05. The van der Waals surface area contributed by atoms with Crippen LogP contribution < -0.4 is 0 Å². The Hall–Kier alpha value is -0.830. The predicted molar refractivity (Wildman–Crippen MR) is 55.9 cm³/mol. The van der Waals surface area contributed by atoms with E-state index in [1.165, 1.54) is 0 Å². The van der Waals surface area contributed by atoms with Gasteiger partial charge in [-0.15, -0.1) is 0 Å². The fourth-order valence-electron chi connectivity index (χ4n) is 1.29. The summed E-state index contributed by atoms with van der Waals surface area (Å²) in [5, 5.41) is 9.67. The largest absolute Gasteiger partial charge is 0.456 e. The van der Waals surface area contributed by atoms with Crippen molar-refractivity contribution in [2.45, 2.75) is 51.7 Å². The molecule has 0 aromatic rings. The van der Waals surface area contributed by atoms with E-state index < -0.39 is 12.1 Å². The molecular formula is C11H20O3. The van der Waals surface area contributed by atoms with Gasteiger partial charge in [-0.2, -0.15) is 0 Å². The molecule has 82 valence electrons. The number of aliphatic hydroxyl groups is 1. The Morgan fingerprint density at radius 3 is 2.43 bits per heavy atom. The quantitative estimate of drug-likeness (QED) is 0.505. The van der Waals surface area contributed by atoms with Crippen molar-refractivity contribution in [1.29, 1.82) is 0 Å². The summed E-state index contributed by atoms with van der Waals surface area (Å²) in [6.07, 6.45) is 3.31. The molecule has 0 aliphatic rings. The maximum Gasteiger partial charge on any atom is 0.330 e. The highest BCUT2D eigenvalue weighted by molar-refractivity contribution is 5.81. The van der Waals surface area contributed by atoms with Crippen LogP contribution in [0, 0.1) is 0 Å². The summed E-state index contributed by atoms with van der Waals surface area (Å²) in [5.41, 5.74) is 0. The normalized spacial score (nSPS) is 14.5. The molecule has 0 fully saturated rings. The van der Waals surface area contributed by atoms with Crippen LogP contribution >= 0.6 is 0 Å². The van der Waals surface area contributed by atoms with Gasteiger partial charge >= 0.3 is 5.97 Å². The third-order valence-electron chi connectivity index (χ3n) is 2.02. The summed E-state index contributed by atoms with van der Waals surface area (Å²) in [6.45, 7) is 7.30. The maximum absolute atomic E-state index is 11.0. The molecule has 0 rings (SSSR count). The maximum atomic E-state index is 11.0. The zero-order chi connectivity index (χ0) is 11.0. The van der Waals surface area contributed by atoms with Gasteiger partial charge in [-0.3, -0.25) is 0 Å². The summed E-state index contributed by atoms with van der Waals surface area (Å²) in [5.74, 6) is -0.460. The summed E-state index contributed by atoms with van der Waals surface area (Å²) >= 11 is 0. The molecule has 0 aliphatic heterocycles. The van der Waals surface area contributed by atoms with Crippen LogP contribution in [0.3, 0.4) is 0 Å².